The summed E-state index contributed by atoms with van der Waals surface area (Å²) < 4.78 is 5.01. The highest BCUT2D eigenvalue weighted by Crippen LogP contribution is 2.19. The lowest BCUT2D eigenvalue weighted by atomic mass is 10.1. The molecule has 116 valence electrons. The van der Waals surface area contributed by atoms with Crippen LogP contribution in [0.1, 0.15) is 6.42 Å². The third-order valence-corrected chi connectivity index (χ3v) is 3.89. The van der Waals surface area contributed by atoms with Crippen molar-refractivity contribution >= 4 is 29.3 Å². The summed E-state index contributed by atoms with van der Waals surface area (Å²) in [6.45, 7) is 2.68. The fraction of sp³-hybridized carbons (Fsp3) is 0.615. The summed E-state index contributed by atoms with van der Waals surface area (Å²) in [4.78, 5) is 22.1. The molecular weight excluding hydrogens is 290 g/mol. The van der Waals surface area contributed by atoms with Gasteiger partial charge in [0.15, 0.2) is 5.16 Å². The summed E-state index contributed by atoms with van der Waals surface area (Å²) in [5.74, 6) is 1.62. The minimum atomic E-state index is 0.186. The van der Waals surface area contributed by atoms with Crippen LogP contribution in [0.4, 0.5) is 11.6 Å². The van der Waals surface area contributed by atoms with Crippen LogP contribution in [0.5, 0.6) is 0 Å². The molecule has 0 bridgehead atoms. The summed E-state index contributed by atoms with van der Waals surface area (Å²) >= 11 is 1.45. The molecule has 2 heterocycles. The first-order chi connectivity index (χ1) is 10.1. The van der Waals surface area contributed by atoms with Gasteiger partial charge < -0.3 is 20.7 Å². The van der Waals surface area contributed by atoms with E-state index in [1.54, 1.807) is 13.2 Å². The van der Waals surface area contributed by atoms with Gasteiger partial charge >= 0.3 is 0 Å². The molecule has 8 heteroatoms. The molecule has 1 aromatic rings. The van der Waals surface area contributed by atoms with E-state index < -0.39 is 0 Å². The van der Waals surface area contributed by atoms with E-state index in [1.165, 1.54) is 11.8 Å². The second-order valence-electron chi connectivity index (χ2n) is 4.95. The summed E-state index contributed by atoms with van der Waals surface area (Å²) in [5, 5.41) is 3.89. The molecule has 7 nitrogen and oxygen atoms in total. The van der Waals surface area contributed by atoms with Crippen LogP contribution in [0.2, 0.25) is 0 Å². The zero-order valence-corrected chi connectivity index (χ0v) is 13.2. The molecular formula is C13H21N5O2S. The first kappa shape index (κ1) is 15.8. The van der Waals surface area contributed by atoms with Crippen molar-refractivity contribution in [1.29, 1.82) is 0 Å². The molecule has 0 spiro atoms. The van der Waals surface area contributed by atoms with E-state index in [4.69, 9.17) is 10.5 Å². The zero-order valence-electron chi connectivity index (χ0n) is 12.3. The van der Waals surface area contributed by atoms with Crippen molar-refractivity contribution in [1.82, 2.24) is 14.9 Å². The van der Waals surface area contributed by atoms with Gasteiger partial charge in [-0.1, -0.05) is 11.8 Å². The third-order valence-electron chi connectivity index (χ3n) is 3.34. The molecule has 1 saturated heterocycles. The zero-order chi connectivity index (χ0) is 15.2. The predicted octanol–water partition coefficient (Wildman–Crippen LogP) is 0.687. The number of ether oxygens (including phenoxy) is 1. The molecule has 1 fully saturated rings. The average Bonchev–Trinajstić information content (AvgIpc) is 2.82. The molecule has 1 aliphatic rings. The Balaban J connectivity index is 1.86. The highest BCUT2D eigenvalue weighted by atomic mass is 32.2. The second kappa shape index (κ2) is 7.46. The van der Waals surface area contributed by atoms with Gasteiger partial charge in [0.2, 0.25) is 5.91 Å². The summed E-state index contributed by atoms with van der Waals surface area (Å²) in [6.07, 6.45) is 2.47. The van der Waals surface area contributed by atoms with Crippen molar-refractivity contribution in [3.05, 3.63) is 6.07 Å². The van der Waals surface area contributed by atoms with Crippen LogP contribution in [0.15, 0.2) is 11.2 Å². The van der Waals surface area contributed by atoms with Crippen molar-refractivity contribution in [2.75, 3.05) is 50.7 Å². The summed E-state index contributed by atoms with van der Waals surface area (Å²) in [5.41, 5.74) is 5.74. The topological polar surface area (TPSA) is 93.4 Å². The lowest BCUT2D eigenvalue weighted by Crippen LogP contribution is -2.29. The number of amides is 1. The number of nitrogens with one attached hydrogen (secondary N) is 1. The summed E-state index contributed by atoms with van der Waals surface area (Å²) in [7, 11) is 1.64. The van der Waals surface area contributed by atoms with E-state index in [-0.39, 0.29) is 11.8 Å². The standard InChI is InChI=1S/C13H21N5O2S/c1-20-4-3-18-8-9(5-12(18)19)7-15-11-6-10(14)16-13(17-11)21-2/h6,9H,3-5,7-8H2,1-2H3,(H3,14,15,16,17). The van der Waals surface area contributed by atoms with Crippen molar-refractivity contribution in [3.8, 4) is 0 Å². The predicted molar refractivity (Wildman–Crippen MR) is 83.3 cm³/mol. The van der Waals surface area contributed by atoms with E-state index >= 15 is 0 Å². The van der Waals surface area contributed by atoms with Crippen molar-refractivity contribution in [2.45, 2.75) is 11.6 Å². The molecule has 0 aliphatic carbocycles. The largest absolute Gasteiger partial charge is 0.383 e. The molecule has 1 amide bonds. The third kappa shape index (κ3) is 4.47. The second-order valence-corrected chi connectivity index (χ2v) is 5.72. The number of hydrogen-bond donors (Lipinski definition) is 2. The molecule has 1 aromatic heterocycles. The van der Waals surface area contributed by atoms with Gasteiger partial charge in [-0.3, -0.25) is 4.79 Å². The Morgan fingerprint density at radius 2 is 2.38 bits per heavy atom. The van der Waals surface area contributed by atoms with E-state index in [2.05, 4.69) is 15.3 Å². The SMILES string of the molecule is COCCN1CC(CNc2cc(N)nc(SC)n2)CC1=O. The molecule has 1 unspecified atom stereocenters. The fourth-order valence-corrected chi connectivity index (χ4v) is 2.67. The molecule has 0 aromatic carbocycles. The van der Waals surface area contributed by atoms with Crippen molar-refractivity contribution < 1.29 is 9.53 Å². The number of carbonyl (C=O) groups is 1. The number of hydrogen-bond acceptors (Lipinski definition) is 7. The van der Waals surface area contributed by atoms with Crippen LogP contribution in [-0.4, -0.2) is 60.4 Å². The Bertz CT molecular complexity index is 499. The number of thioether (sulfide) groups is 1. The van der Waals surface area contributed by atoms with Gasteiger partial charge in [0.05, 0.1) is 6.61 Å². The number of nitrogen functional groups attached to an aromatic ring is 1. The Labute approximate surface area is 128 Å². The van der Waals surface area contributed by atoms with Crippen LogP contribution in [0.25, 0.3) is 0 Å². The monoisotopic (exact) mass is 311 g/mol. The quantitative estimate of drug-likeness (QED) is 0.565. The number of methoxy groups -OCH3 is 1. The van der Waals surface area contributed by atoms with Gasteiger partial charge in [-0.25, -0.2) is 9.97 Å². The maximum atomic E-state index is 11.9. The minimum Gasteiger partial charge on any atom is -0.383 e. The number of likely N-dealkylation sites (tertiary alicyclic amines) is 1. The molecule has 1 aliphatic heterocycles. The maximum absolute atomic E-state index is 11.9. The summed E-state index contributed by atoms with van der Waals surface area (Å²) in [6, 6.07) is 1.71. The molecule has 0 saturated carbocycles. The molecule has 21 heavy (non-hydrogen) atoms. The van der Waals surface area contributed by atoms with Crippen LogP contribution < -0.4 is 11.1 Å². The molecule has 3 N–H and O–H groups in total. The Hall–Kier alpha value is -1.54. The van der Waals surface area contributed by atoms with Gasteiger partial charge in [0.1, 0.15) is 11.6 Å². The van der Waals surface area contributed by atoms with Crippen molar-refractivity contribution in [2.24, 2.45) is 5.92 Å². The fourth-order valence-electron chi connectivity index (χ4n) is 2.28. The lowest BCUT2D eigenvalue weighted by Gasteiger charge is -2.16. The smallest absolute Gasteiger partial charge is 0.223 e. The lowest BCUT2D eigenvalue weighted by molar-refractivity contribution is -0.128. The number of nitrogens with zero attached hydrogens (tertiary/aromatic N) is 3. The van der Waals surface area contributed by atoms with Crippen LogP contribution in [-0.2, 0) is 9.53 Å². The Morgan fingerprint density at radius 1 is 1.57 bits per heavy atom. The first-order valence-electron chi connectivity index (χ1n) is 6.81. The molecule has 2 rings (SSSR count). The number of anilines is 2. The van der Waals surface area contributed by atoms with Gasteiger partial charge in [-0.2, -0.15) is 0 Å². The van der Waals surface area contributed by atoms with Gasteiger partial charge in [-0.05, 0) is 6.26 Å². The van der Waals surface area contributed by atoms with Crippen molar-refractivity contribution in [3.63, 3.8) is 0 Å². The Kier molecular flexibility index (Phi) is 5.63. The van der Waals surface area contributed by atoms with Gasteiger partial charge in [-0.15, -0.1) is 0 Å². The first-order valence-corrected chi connectivity index (χ1v) is 8.04. The van der Waals surface area contributed by atoms with E-state index in [9.17, 15) is 4.79 Å². The van der Waals surface area contributed by atoms with Crippen LogP contribution >= 0.6 is 11.8 Å². The minimum absolute atomic E-state index is 0.186. The van der Waals surface area contributed by atoms with E-state index in [0.29, 0.717) is 42.9 Å². The van der Waals surface area contributed by atoms with E-state index in [1.807, 2.05) is 11.2 Å². The number of aromatic nitrogens is 2. The number of carbonyl (C=O) groups excluding carboxylic acids is 1. The normalized spacial score (nSPS) is 18.3. The van der Waals surface area contributed by atoms with Crippen LogP contribution in [0.3, 0.4) is 0 Å². The Morgan fingerprint density at radius 3 is 3.10 bits per heavy atom. The average molecular weight is 311 g/mol. The highest BCUT2D eigenvalue weighted by Gasteiger charge is 2.28. The number of rotatable bonds is 7. The molecule has 0 radical (unpaired) electrons. The highest BCUT2D eigenvalue weighted by molar-refractivity contribution is 7.98. The van der Waals surface area contributed by atoms with Crippen LogP contribution in [0, 0.1) is 5.92 Å². The maximum Gasteiger partial charge on any atom is 0.223 e. The molecule has 1 atom stereocenters. The van der Waals surface area contributed by atoms with Gasteiger partial charge in [0, 0.05) is 45.1 Å². The van der Waals surface area contributed by atoms with Gasteiger partial charge in [0.25, 0.3) is 0 Å². The van der Waals surface area contributed by atoms with E-state index in [0.717, 1.165) is 6.54 Å². The number of nitrogens with two attached hydrogens (primary N) is 1.